The molecule has 0 bridgehead atoms. The van der Waals surface area contributed by atoms with E-state index in [0.29, 0.717) is 17.5 Å². The van der Waals surface area contributed by atoms with E-state index in [1.807, 2.05) is 0 Å². The van der Waals surface area contributed by atoms with Gasteiger partial charge in [0.2, 0.25) is 0 Å². The van der Waals surface area contributed by atoms with Crippen molar-refractivity contribution in [2.24, 2.45) is 5.92 Å². The Balaban J connectivity index is 1.77. The third-order valence-corrected chi connectivity index (χ3v) is 3.94. The van der Waals surface area contributed by atoms with Gasteiger partial charge in [0.15, 0.2) is 0 Å². The second kappa shape index (κ2) is 6.50. The van der Waals surface area contributed by atoms with Crippen LogP contribution in [0.15, 0.2) is 18.2 Å². The summed E-state index contributed by atoms with van der Waals surface area (Å²) in [5, 5.41) is 4.01. The van der Waals surface area contributed by atoms with Crippen LogP contribution < -0.4 is 5.32 Å². The molecule has 1 saturated heterocycles. The van der Waals surface area contributed by atoms with E-state index >= 15 is 0 Å². The SMILES string of the molecule is CCN1CCC(CNCc2cc(F)ccc2Cl)C1. The Bertz CT molecular complexity index is 397. The smallest absolute Gasteiger partial charge is 0.123 e. The lowest BCUT2D eigenvalue weighted by molar-refractivity contribution is 0.339. The lowest BCUT2D eigenvalue weighted by Gasteiger charge is -2.14. The van der Waals surface area contributed by atoms with Crippen LogP contribution >= 0.6 is 11.6 Å². The Labute approximate surface area is 113 Å². The van der Waals surface area contributed by atoms with Crippen LogP contribution in [-0.4, -0.2) is 31.1 Å². The topological polar surface area (TPSA) is 15.3 Å². The quantitative estimate of drug-likeness (QED) is 0.885. The lowest BCUT2D eigenvalue weighted by atomic mass is 10.1. The second-order valence-corrected chi connectivity index (χ2v) is 5.32. The van der Waals surface area contributed by atoms with Crippen molar-refractivity contribution in [3.8, 4) is 0 Å². The van der Waals surface area contributed by atoms with E-state index < -0.39 is 0 Å². The zero-order chi connectivity index (χ0) is 13.0. The molecule has 1 fully saturated rings. The van der Waals surface area contributed by atoms with Gasteiger partial charge in [-0.1, -0.05) is 18.5 Å². The third kappa shape index (κ3) is 3.67. The fourth-order valence-electron chi connectivity index (χ4n) is 2.46. The Morgan fingerprint density at radius 2 is 2.33 bits per heavy atom. The molecule has 0 radical (unpaired) electrons. The minimum atomic E-state index is -0.228. The van der Waals surface area contributed by atoms with E-state index in [2.05, 4.69) is 17.1 Å². The summed E-state index contributed by atoms with van der Waals surface area (Å²) < 4.78 is 13.1. The van der Waals surface area contributed by atoms with Crippen molar-refractivity contribution in [2.45, 2.75) is 19.9 Å². The van der Waals surface area contributed by atoms with Crippen molar-refractivity contribution < 1.29 is 4.39 Å². The first-order chi connectivity index (χ1) is 8.69. The molecular weight excluding hydrogens is 251 g/mol. The summed E-state index contributed by atoms with van der Waals surface area (Å²) in [7, 11) is 0. The van der Waals surface area contributed by atoms with Crippen LogP contribution in [0.25, 0.3) is 0 Å². The van der Waals surface area contributed by atoms with Gasteiger partial charge in [0, 0.05) is 18.1 Å². The minimum Gasteiger partial charge on any atom is -0.312 e. The van der Waals surface area contributed by atoms with Gasteiger partial charge in [0.05, 0.1) is 0 Å². The maximum atomic E-state index is 13.1. The van der Waals surface area contributed by atoms with Crippen molar-refractivity contribution in [3.63, 3.8) is 0 Å². The monoisotopic (exact) mass is 270 g/mol. The van der Waals surface area contributed by atoms with Crippen LogP contribution in [-0.2, 0) is 6.54 Å². The lowest BCUT2D eigenvalue weighted by Crippen LogP contribution is -2.26. The molecule has 1 aliphatic rings. The van der Waals surface area contributed by atoms with Gasteiger partial charge in [-0.25, -0.2) is 4.39 Å². The van der Waals surface area contributed by atoms with Gasteiger partial charge in [-0.05, 0) is 55.7 Å². The molecule has 0 spiro atoms. The molecule has 1 unspecified atom stereocenters. The summed E-state index contributed by atoms with van der Waals surface area (Å²) >= 11 is 6.02. The highest BCUT2D eigenvalue weighted by molar-refractivity contribution is 6.31. The molecule has 4 heteroatoms. The summed E-state index contributed by atoms with van der Waals surface area (Å²) in [5.74, 6) is 0.478. The number of hydrogen-bond acceptors (Lipinski definition) is 2. The van der Waals surface area contributed by atoms with Crippen LogP contribution in [0.5, 0.6) is 0 Å². The van der Waals surface area contributed by atoms with Gasteiger partial charge in [-0.2, -0.15) is 0 Å². The molecular formula is C14H20ClFN2. The van der Waals surface area contributed by atoms with Gasteiger partial charge >= 0.3 is 0 Å². The highest BCUT2D eigenvalue weighted by atomic mass is 35.5. The van der Waals surface area contributed by atoms with Crippen molar-refractivity contribution in [2.75, 3.05) is 26.2 Å². The number of nitrogens with one attached hydrogen (secondary N) is 1. The zero-order valence-corrected chi connectivity index (χ0v) is 11.5. The standard InChI is InChI=1S/C14H20ClFN2/c1-2-18-6-5-11(10-18)8-17-9-12-7-13(16)3-4-14(12)15/h3-4,7,11,17H,2,5-6,8-10H2,1H3. The van der Waals surface area contributed by atoms with E-state index in [1.54, 1.807) is 6.07 Å². The molecule has 2 nitrogen and oxygen atoms in total. The minimum absolute atomic E-state index is 0.228. The molecule has 1 aromatic rings. The van der Waals surface area contributed by atoms with Gasteiger partial charge in [0.25, 0.3) is 0 Å². The van der Waals surface area contributed by atoms with Crippen molar-refractivity contribution in [1.29, 1.82) is 0 Å². The van der Waals surface area contributed by atoms with Gasteiger partial charge in [-0.3, -0.25) is 0 Å². The number of hydrogen-bond donors (Lipinski definition) is 1. The van der Waals surface area contributed by atoms with Gasteiger partial charge in [-0.15, -0.1) is 0 Å². The van der Waals surface area contributed by atoms with Crippen molar-refractivity contribution >= 4 is 11.6 Å². The van der Waals surface area contributed by atoms with Crippen LogP contribution in [0.2, 0.25) is 5.02 Å². The van der Waals surface area contributed by atoms with Gasteiger partial charge < -0.3 is 10.2 Å². The average molecular weight is 271 g/mol. The number of likely N-dealkylation sites (tertiary alicyclic amines) is 1. The largest absolute Gasteiger partial charge is 0.312 e. The van der Waals surface area contributed by atoms with Crippen LogP contribution in [0.1, 0.15) is 18.9 Å². The summed E-state index contributed by atoms with van der Waals surface area (Å²) in [6, 6.07) is 4.51. The highest BCUT2D eigenvalue weighted by Crippen LogP contribution is 2.18. The predicted octanol–water partition coefficient (Wildman–Crippen LogP) is 2.91. The van der Waals surface area contributed by atoms with Crippen molar-refractivity contribution in [1.82, 2.24) is 10.2 Å². The highest BCUT2D eigenvalue weighted by Gasteiger charge is 2.20. The first-order valence-electron chi connectivity index (χ1n) is 6.56. The predicted molar refractivity (Wildman–Crippen MR) is 73.3 cm³/mol. The molecule has 100 valence electrons. The number of benzene rings is 1. The third-order valence-electron chi connectivity index (χ3n) is 3.57. The molecule has 0 aromatic heterocycles. The number of nitrogens with zero attached hydrogens (tertiary/aromatic N) is 1. The summed E-state index contributed by atoms with van der Waals surface area (Å²) in [4.78, 5) is 2.46. The first-order valence-corrected chi connectivity index (χ1v) is 6.94. The normalized spacial score (nSPS) is 20.5. The molecule has 1 aromatic carbocycles. The molecule has 1 aliphatic heterocycles. The molecule has 0 amide bonds. The van der Waals surface area contributed by atoms with E-state index in [9.17, 15) is 4.39 Å². The number of halogens is 2. The molecule has 1 N–H and O–H groups in total. The summed E-state index contributed by atoms with van der Waals surface area (Å²) in [5.41, 5.74) is 0.835. The van der Waals surface area contributed by atoms with E-state index in [-0.39, 0.29) is 5.82 Å². The van der Waals surface area contributed by atoms with E-state index in [0.717, 1.165) is 18.7 Å². The van der Waals surface area contributed by atoms with Gasteiger partial charge in [0.1, 0.15) is 5.82 Å². The fraction of sp³-hybridized carbons (Fsp3) is 0.571. The van der Waals surface area contributed by atoms with E-state index in [1.165, 1.54) is 31.6 Å². The molecule has 0 saturated carbocycles. The molecule has 1 heterocycles. The van der Waals surface area contributed by atoms with Crippen molar-refractivity contribution in [3.05, 3.63) is 34.6 Å². The maximum absolute atomic E-state index is 13.1. The molecule has 1 atom stereocenters. The summed E-state index contributed by atoms with van der Waals surface area (Å²) in [6.45, 7) is 7.31. The van der Waals surface area contributed by atoms with E-state index in [4.69, 9.17) is 11.6 Å². The summed E-state index contributed by atoms with van der Waals surface area (Å²) in [6.07, 6.45) is 1.25. The first kappa shape index (κ1) is 13.8. The maximum Gasteiger partial charge on any atom is 0.123 e. The van der Waals surface area contributed by atoms with Crippen LogP contribution in [0, 0.1) is 11.7 Å². The molecule has 0 aliphatic carbocycles. The Morgan fingerprint density at radius 3 is 3.06 bits per heavy atom. The van der Waals surface area contributed by atoms with Crippen LogP contribution in [0.3, 0.4) is 0 Å². The number of rotatable bonds is 5. The average Bonchev–Trinajstić information content (AvgIpc) is 2.81. The Kier molecular flexibility index (Phi) is 4.98. The molecule has 2 rings (SSSR count). The zero-order valence-electron chi connectivity index (χ0n) is 10.8. The second-order valence-electron chi connectivity index (χ2n) is 4.91. The Hall–Kier alpha value is -0.640. The Morgan fingerprint density at radius 1 is 1.50 bits per heavy atom. The van der Waals surface area contributed by atoms with Crippen LogP contribution in [0.4, 0.5) is 4.39 Å². The fourth-order valence-corrected chi connectivity index (χ4v) is 2.64. The molecule has 18 heavy (non-hydrogen) atoms.